The van der Waals surface area contributed by atoms with Crippen LogP contribution in [-0.4, -0.2) is 42.3 Å². The van der Waals surface area contributed by atoms with Crippen LogP contribution in [0.4, 0.5) is 9.59 Å². The van der Waals surface area contributed by atoms with E-state index in [-0.39, 0.29) is 5.75 Å². The molecular formula is C19H17N3O5S. The van der Waals surface area contributed by atoms with E-state index in [4.69, 9.17) is 4.74 Å². The summed E-state index contributed by atoms with van der Waals surface area (Å²) in [5, 5.41) is 26.2. The van der Waals surface area contributed by atoms with E-state index >= 15 is 0 Å². The van der Waals surface area contributed by atoms with Gasteiger partial charge in [-0.05, 0) is 56.5 Å². The molecule has 1 aromatic carbocycles. The topological polar surface area (TPSA) is 107 Å². The van der Waals surface area contributed by atoms with Gasteiger partial charge in [0.1, 0.15) is 17.0 Å². The Morgan fingerprint density at radius 1 is 1.14 bits per heavy atom. The van der Waals surface area contributed by atoms with Crippen molar-refractivity contribution in [3.05, 3.63) is 35.7 Å². The first kappa shape index (κ1) is 18.1. The average molecular weight is 399 g/mol. The lowest BCUT2D eigenvalue weighted by atomic mass is 10.2. The molecule has 0 aliphatic rings. The molecule has 0 bridgehead atoms. The molecule has 3 heterocycles. The van der Waals surface area contributed by atoms with Gasteiger partial charge in [0.15, 0.2) is 0 Å². The Labute approximate surface area is 163 Å². The van der Waals surface area contributed by atoms with Gasteiger partial charge in [0, 0.05) is 5.39 Å². The number of phenolic OH excluding ortho intramolecular Hbond substituents is 1. The molecule has 4 rings (SSSR count). The second-order valence-electron chi connectivity index (χ2n) is 7.27. The van der Waals surface area contributed by atoms with Crippen LogP contribution >= 0.6 is 11.3 Å². The maximum absolute atomic E-state index is 12.6. The van der Waals surface area contributed by atoms with E-state index in [0.29, 0.717) is 32.5 Å². The highest BCUT2D eigenvalue weighted by atomic mass is 32.1. The number of thiophene rings is 1. The zero-order valence-corrected chi connectivity index (χ0v) is 16.1. The number of hydrogen-bond acceptors (Lipinski definition) is 6. The van der Waals surface area contributed by atoms with Crippen LogP contribution in [0.3, 0.4) is 0 Å². The lowest BCUT2D eigenvalue weighted by molar-refractivity contribution is 0.0523. The second kappa shape index (κ2) is 6.10. The Balaban J connectivity index is 1.96. The summed E-state index contributed by atoms with van der Waals surface area (Å²) in [7, 11) is 0. The summed E-state index contributed by atoms with van der Waals surface area (Å²) >= 11 is 1.35. The van der Waals surface area contributed by atoms with Gasteiger partial charge in [0.25, 0.3) is 0 Å². The summed E-state index contributed by atoms with van der Waals surface area (Å²) in [5.74, 6) is 0.0298. The zero-order valence-electron chi connectivity index (χ0n) is 15.3. The lowest BCUT2D eigenvalue weighted by Gasteiger charge is -2.19. The van der Waals surface area contributed by atoms with E-state index in [9.17, 15) is 19.8 Å². The van der Waals surface area contributed by atoms with Crippen molar-refractivity contribution in [3.63, 3.8) is 0 Å². The summed E-state index contributed by atoms with van der Waals surface area (Å²) in [6.07, 6.45) is -1.83. The first-order valence-electron chi connectivity index (χ1n) is 8.43. The van der Waals surface area contributed by atoms with E-state index in [0.717, 1.165) is 9.25 Å². The van der Waals surface area contributed by atoms with Crippen LogP contribution < -0.4 is 0 Å². The molecule has 8 nitrogen and oxygen atoms in total. The van der Waals surface area contributed by atoms with Gasteiger partial charge in [-0.3, -0.25) is 0 Å². The van der Waals surface area contributed by atoms with Crippen LogP contribution in [0.15, 0.2) is 35.7 Å². The highest BCUT2D eigenvalue weighted by Gasteiger charge is 2.26. The van der Waals surface area contributed by atoms with Gasteiger partial charge in [0.05, 0.1) is 21.4 Å². The third-order valence-corrected chi connectivity index (χ3v) is 4.98. The largest absolute Gasteiger partial charge is 0.508 e. The SMILES string of the molecule is CC(C)(C)OC(=O)n1nc(-c2cc3cc(O)ccc3n2C(=O)O)c2sccc21. The monoisotopic (exact) mass is 399 g/mol. The molecule has 0 saturated carbocycles. The third-order valence-electron chi connectivity index (χ3n) is 4.07. The molecule has 0 fully saturated rings. The van der Waals surface area contributed by atoms with Crippen LogP contribution in [0.25, 0.3) is 32.5 Å². The van der Waals surface area contributed by atoms with Gasteiger partial charge < -0.3 is 14.9 Å². The number of fused-ring (bicyclic) bond motifs is 2. The molecule has 9 heteroatoms. The minimum atomic E-state index is -1.19. The Morgan fingerprint density at radius 2 is 1.89 bits per heavy atom. The maximum atomic E-state index is 12.6. The van der Waals surface area contributed by atoms with E-state index < -0.39 is 17.8 Å². The average Bonchev–Trinajstić information content (AvgIpc) is 3.24. The molecular weight excluding hydrogens is 382 g/mol. The molecule has 0 aliphatic carbocycles. The minimum absolute atomic E-state index is 0.0298. The smallest absolute Gasteiger partial charge is 0.435 e. The quantitative estimate of drug-likeness (QED) is 0.479. The van der Waals surface area contributed by atoms with Gasteiger partial charge in [-0.15, -0.1) is 11.3 Å². The summed E-state index contributed by atoms with van der Waals surface area (Å²) in [5.41, 5.74) is 0.923. The Kier molecular flexibility index (Phi) is 3.93. The van der Waals surface area contributed by atoms with Crippen molar-refractivity contribution in [3.8, 4) is 17.1 Å². The van der Waals surface area contributed by atoms with E-state index in [1.165, 1.54) is 29.5 Å². The van der Waals surface area contributed by atoms with Gasteiger partial charge in [-0.1, -0.05) is 0 Å². The number of aromatic nitrogens is 3. The van der Waals surface area contributed by atoms with Crippen molar-refractivity contribution in [2.75, 3.05) is 0 Å². The van der Waals surface area contributed by atoms with Crippen molar-refractivity contribution in [2.45, 2.75) is 26.4 Å². The number of benzene rings is 1. The van der Waals surface area contributed by atoms with Crippen LogP contribution in [0.1, 0.15) is 20.8 Å². The fraction of sp³-hybridized carbons (Fsp3) is 0.211. The van der Waals surface area contributed by atoms with Gasteiger partial charge in [-0.2, -0.15) is 9.78 Å². The molecule has 28 heavy (non-hydrogen) atoms. The molecule has 0 atom stereocenters. The number of carbonyl (C=O) groups excluding carboxylic acids is 1. The standard InChI is InChI=1S/C19H17N3O5S/c1-19(2,3)27-18(26)22-13-6-7-28-16(13)15(20-22)14-9-10-8-11(23)4-5-12(10)21(14)17(24)25/h4-9,23H,1-3H3,(H,24,25). The molecule has 0 spiro atoms. The molecule has 3 aromatic heterocycles. The van der Waals surface area contributed by atoms with E-state index in [1.54, 1.807) is 38.3 Å². The number of carbonyl (C=O) groups is 2. The summed E-state index contributed by atoms with van der Waals surface area (Å²) < 4.78 is 8.32. The maximum Gasteiger partial charge on any atom is 0.435 e. The number of hydrogen-bond donors (Lipinski definition) is 2. The van der Waals surface area contributed by atoms with Crippen LogP contribution in [0, 0.1) is 0 Å². The van der Waals surface area contributed by atoms with Gasteiger partial charge >= 0.3 is 12.2 Å². The highest BCUT2D eigenvalue weighted by Crippen LogP contribution is 2.36. The Bertz CT molecular complexity index is 1240. The molecule has 0 unspecified atom stereocenters. The molecule has 0 amide bonds. The predicted molar refractivity (Wildman–Crippen MR) is 105 cm³/mol. The van der Waals surface area contributed by atoms with Crippen LogP contribution in [0.5, 0.6) is 5.75 Å². The van der Waals surface area contributed by atoms with E-state index in [1.807, 2.05) is 0 Å². The molecule has 0 aliphatic heterocycles. The number of rotatable bonds is 1. The fourth-order valence-electron chi connectivity index (χ4n) is 3.04. The summed E-state index contributed by atoms with van der Waals surface area (Å²) in [6, 6.07) is 7.79. The second-order valence-corrected chi connectivity index (χ2v) is 8.18. The zero-order chi connectivity index (χ0) is 20.2. The third kappa shape index (κ3) is 2.89. The highest BCUT2D eigenvalue weighted by molar-refractivity contribution is 7.17. The first-order valence-corrected chi connectivity index (χ1v) is 9.31. The summed E-state index contributed by atoms with van der Waals surface area (Å²) in [6.45, 7) is 5.28. The van der Waals surface area contributed by atoms with Gasteiger partial charge in [0.2, 0.25) is 0 Å². The number of aromatic hydroxyl groups is 1. The summed E-state index contributed by atoms with van der Waals surface area (Å²) in [4.78, 5) is 24.5. The Morgan fingerprint density at radius 3 is 2.57 bits per heavy atom. The van der Waals surface area contributed by atoms with Crippen molar-refractivity contribution in [2.24, 2.45) is 0 Å². The normalized spacial score (nSPS) is 12.0. The molecule has 144 valence electrons. The molecule has 4 aromatic rings. The van der Waals surface area contributed by atoms with Crippen molar-refractivity contribution in [1.29, 1.82) is 0 Å². The number of nitrogens with zero attached hydrogens (tertiary/aromatic N) is 3. The van der Waals surface area contributed by atoms with Crippen LogP contribution in [-0.2, 0) is 4.74 Å². The van der Waals surface area contributed by atoms with Crippen LogP contribution in [0.2, 0.25) is 0 Å². The van der Waals surface area contributed by atoms with Gasteiger partial charge in [-0.25, -0.2) is 14.2 Å². The molecule has 0 saturated heterocycles. The fourth-order valence-corrected chi connectivity index (χ4v) is 3.91. The number of carboxylic acid groups (broad SMARTS) is 1. The Hall–Kier alpha value is -3.33. The number of phenols is 1. The van der Waals surface area contributed by atoms with E-state index in [2.05, 4.69) is 5.10 Å². The lowest BCUT2D eigenvalue weighted by Crippen LogP contribution is -2.27. The minimum Gasteiger partial charge on any atom is -0.508 e. The number of ether oxygens (including phenoxy) is 1. The molecule has 0 radical (unpaired) electrons. The van der Waals surface area contributed by atoms with Crippen molar-refractivity contribution >= 4 is 44.6 Å². The molecule has 2 N–H and O–H groups in total. The van der Waals surface area contributed by atoms with Crippen molar-refractivity contribution < 1.29 is 24.5 Å². The van der Waals surface area contributed by atoms with Crippen molar-refractivity contribution in [1.82, 2.24) is 14.3 Å². The first-order chi connectivity index (χ1) is 13.2. The predicted octanol–water partition coefficient (Wildman–Crippen LogP) is 4.73.